The Bertz CT molecular complexity index is 210. The fourth-order valence-electron chi connectivity index (χ4n) is 2.11. The van der Waals surface area contributed by atoms with E-state index in [1.807, 2.05) is 0 Å². The van der Waals surface area contributed by atoms with Crippen molar-refractivity contribution in [2.24, 2.45) is 5.92 Å². The molecule has 4 heteroatoms. The molecule has 0 aromatic rings. The van der Waals surface area contributed by atoms with Gasteiger partial charge in [-0.15, -0.1) is 0 Å². The molecule has 0 amide bonds. The summed E-state index contributed by atoms with van der Waals surface area (Å²) in [7, 11) is 0. The van der Waals surface area contributed by atoms with Crippen molar-refractivity contribution in [2.75, 3.05) is 39.6 Å². The first-order chi connectivity index (χ1) is 8.53. The standard InChI is InChI=1S/C14H29NO3/c1-5-15-13(12-6-7-16-10-12)11-17-8-9-18-14(2,3)4/h12-13,15H,5-11H2,1-4H3. The van der Waals surface area contributed by atoms with Gasteiger partial charge in [-0.2, -0.15) is 0 Å². The van der Waals surface area contributed by atoms with Crippen molar-refractivity contribution in [2.45, 2.75) is 45.8 Å². The Morgan fingerprint density at radius 1 is 1.33 bits per heavy atom. The molecule has 4 nitrogen and oxygen atoms in total. The lowest BCUT2D eigenvalue weighted by Crippen LogP contribution is -2.40. The number of ether oxygens (including phenoxy) is 3. The van der Waals surface area contributed by atoms with E-state index in [1.165, 1.54) is 0 Å². The van der Waals surface area contributed by atoms with Gasteiger partial charge in [0.05, 0.1) is 32.0 Å². The summed E-state index contributed by atoms with van der Waals surface area (Å²) in [4.78, 5) is 0. The fraction of sp³-hybridized carbons (Fsp3) is 1.00. The van der Waals surface area contributed by atoms with Crippen molar-refractivity contribution in [3.63, 3.8) is 0 Å². The molecule has 1 N–H and O–H groups in total. The maximum absolute atomic E-state index is 5.71. The van der Waals surface area contributed by atoms with Gasteiger partial charge in [-0.1, -0.05) is 6.92 Å². The summed E-state index contributed by atoms with van der Waals surface area (Å²) in [6.07, 6.45) is 1.14. The van der Waals surface area contributed by atoms with Crippen molar-refractivity contribution >= 4 is 0 Å². The molecule has 0 spiro atoms. The zero-order valence-electron chi connectivity index (χ0n) is 12.3. The molecule has 18 heavy (non-hydrogen) atoms. The first-order valence-corrected chi connectivity index (χ1v) is 7.05. The SMILES string of the molecule is CCNC(COCCOC(C)(C)C)C1CCOC1. The Labute approximate surface area is 111 Å². The average Bonchev–Trinajstić information content (AvgIpc) is 2.79. The normalized spacial score (nSPS) is 22.3. The van der Waals surface area contributed by atoms with E-state index < -0.39 is 0 Å². The highest BCUT2D eigenvalue weighted by molar-refractivity contribution is 4.78. The van der Waals surface area contributed by atoms with Gasteiger partial charge in [-0.25, -0.2) is 0 Å². The quantitative estimate of drug-likeness (QED) is 0.675. The summed E-state index contributed by atoms with van der Waals surface area (Å²) in [5.74, 6) is 0.591. The number of hydrogen-bond donors (Lipinski definition) is 1. The van der Waals surface area contributed by atoms with Gasteiger partial charge in [0.2, 0.25) is 0 Å². The molecule has 2 unspecified atom stereocenters. The number of likely N-dealkylation sites (N-methyl/N-ethyl adjacent to an activating group) is 1. The molecule has 2 atom stereocenters. The van der Waals surface area contributed by atoms with Gasteiger partial charge in [-0.05, 0) is 33.7 Å². The van der Waals surface area contributed by atoms with Crippen LogP contribution in [-0.2, 0) is 14.2 Å². The summed E-state index contributed by atoms with van der Waals surface area (Å²) in [5.41, 5.74) is -0.0796. The molecule has 1 fully saturated rings. The Hall–Kier alpha value is -0.160. The molecule has 1 rings (SSSR count). The highest BCUT2D eigenvalue weighted by Crippen LogP contribution is 2.17. The van der Waals surface area contributed by atoms with Gasteiger partial charge in [-0.3, -0.25) is 0 Å². The predicted octanol–water partition coefficient (Wildman–Crippen LogP) is 1.83. The second-order valence-electron chi connectivity index (χ2n) is 5.82. The Kier molecular flexibility index (Phi) is 7.15. The third-order valence-electron chi connectivity index (χ3n) is 3.06. The van der Waals surface area contributed by atoms with Gasteiger partial charge < -0.3 is 19.5 Å². The zero-order valence-corrected chi connectivity index (χ0v) is 12.3. The maximum Gasteiger partial charge on any atom is 0.0707 e. The van der Waals surface area contributed by atoms with Crippen molar-refractivity contribution < 1.29 is 14.2 Å². The van der Waals surface area contributed by atoms with E-state index in [-0.39, 0.29) is 5.60 Å². The van der Waals surface area contributed by atoms with Crippen LogP contribution < -0.4 is 5.32 Å². The smallest absolute Gasteiger partial charge is 0.0707 e. The first kappa shape index (κ1) is 15.9. The lowest BCUT2D eigenvalue weighted by Gasteiger charge is -2.24. The van der Waals surface area contributed by atoms with E-state index in [2.05, 4.69) is 33.0 Å². The van der Waals surface area contributed by atoms with Crippen LogP contribution >= 0.6 is 0 Å². The summed E-state index contributed by atoms with van der Waals surface area (Å²) in [6.45, 7) is 13.1. The fourth-order valence-corrected chi connectivity index (χ4v) is 2.11. The van der Waals surface area contributed by atoms with Crippen molar-refractivity contribution in [1.29, 1.82) is 0 Å². The van der Waals surface area contributed by atoms with Gasteiger partial charge >= 0.3 is 0 Å². The minimum atomic E-state index is -0.0796. The van der Waals surface area contributed by atoms with Gasteiger partial charge in [0, 0.05) is 18.6 Å². The lowest BCUT2D eigenvalue weighted by atomic mass is 10.00. The molecule has 0 aromatic carbocycles. The number of hydrogen-bond acceptors (Lipinski definition) is 4. The predicted molar refractivity (Wildman–Crippen MR) is 72.9 cm³/mol. The van der Waals surface area contributed by atoms with Crippen LogP contribution in [0, 0.1) is 5.92 Å². The number of nitrogens with one attached hydrogen (secondary N) is 1. The molecule has 1 saturated heterocycles. The summed E-state index contributed by atoms with van der Waals surface area (Å²) >= 11 is 0. The largest absolute Gasteiger partial charge is 0.381 e. The minimum absolute atomic E-state index is 0.0796. The minimum Gasteiger partial charge on any atom is -0.381 e. The van der Waals surface area contributed by atoms with E-state index in [0.29, 0.717) is 25.2 Å². The molecule has 0 saturated carbocycles. The topological polar surface area (TPSA) is 39.7 Å². The average molecular weight is 259 g/mol. The molecular formula is C14H29NO3. The van der Waals surface area contributed by atoms with E-state index in [9.17, 15) is 0 Å². The molecule has 1 heterocycles. The summed E-state index contributed by atoms with van der Waals surface area (Å²) < 4.78 is 16.8. The Morgan fingerprint density at radius 2 is 2.11 bits per heavy atom. The van der Waals surface area contributed by atoms with Gasteiger partial charge in [0.25, 0.3) is 0 Å². The number of rotatable bonds is 8. The van der Waals surface area contributed by atoms with Crippen LogP contribution in [-0.4, -0.2) is 51.2 Å². The third-order valence-corrected chi connectivity index (χ3v) is 3.06. The molecule has 1 aliphatic heterocycles. The lowest BCUT2D eigenvalue weighted by molar-refractivity contribution is -0.0392. The molecule has 108 valence electrons. The second-order valence-corrected chi connectivity index (χ2v) is 5.82. The third kappa shape index (κ3) is 6.69. The first-order valence-electron chi connectivity index (χ1n) is 7.05. The van der Waals surface area contributed by atoms with Crippen LogP contribution in [0.5, 0.6) is 0 Å². The zero-order chi connectivity index (χ0) is 13.4. The van der Waals surface area contributed by atoms with E-state index >= 15 is 0 Å². The van der Waals surface area contributed by atoms with Crippen LogP contribution in [0.25, 0.3) is 0 Å². The Morgan fingerprint density at radius 3 is 2.67 bits per heavy atom. The molecule has 0 radical (unpaired) electrons. The van der Waals surface area contributed by atoms with E-state index in [4.69, 9.17) is 14.2 Å². The maximum atomic E-state index is 5.71. The summed E-state index contributed by atoms with van der Waals surface area (Å²) in [5, 5.41) is 3.49. The van der Waals surface area contributed by atoms with Crippen molar-refractivity contribution in [1.82, 2.24) is 5.32 Å². The molecule has 0 aliphatic carbocycles. The monoisotopic (exact) mass is 259 g/mol. The van der Waals surface area contributed by atoms with Crippen LogP contribution in [0.2, 0.25) is 0 Å². The highest BCUT2D eigenvalue weighted by Gasteiger charge is 2.25. The van der Waals surface area contributed by atoms with Gasteiger partial charge in [0.1, 0.15) is 0 Å². The highest BCUT2D eigenvalue weighted by atomic mass is 16.5. The van der Waals surface area contributed by atoms with Crippen LogP contribution in [0.15, 0.2) is 0 Å². The summed E-state index contributed by atoms with van der Waals surface area (Å²) in [6, 6.07) is 0.409. The van der Waals surface area contributed by atoms with E-state index in [1.54, 1.807) is 0 Å². The molecular weight excluding hydrogens is 230 g/mol. The van der Waals surface area contributed by atoms with Crippen LogP contribution in [0.3, 0.4) is 0 Å². The van der Waals surface area contributed by atoms with E-state index in [0.717, 1.165) is 32.8 Å². The van der Waals surface area contributed by atoms with Crippen molar-refractivity contribution in [3.8, 4) is 0 Å². The van der Waals surface area contributed by atoms with Gasteiger partial charge in [0.15, 0.2) is 0 Å². The second kappa shape index (κ2) is 8.10. The molecule has 0 aromatic heterocycles. The Balaban J connectivity index is 2.13. The molecule has 0 bridgehead atoms. The molecule has 1 aliphatic rings. The van der Waals surface area contributed by atoms with Crippen LogP contribution in [0.1, 0.15) is 34.1 Å². The van der Waals surface area contributed by atoms with Crippen molar-refractivity contribution in [3.05, 3.63) is 0 Å². The van der Waals surface area contributed by atoms with Crippen LogP contribution in [0.4, 0.5) is 0 Å².